The lowest BCUT2D eigenvalue weighted by molar-refractivity contribution is -0.140. The Morgan fingerprint density at radius 3 is 2.86 bits per heavy atom. The molecule has 3 atom stereocenters. The summed E-state index contributed by atoms with van der Waals surface area (Å²) in [6.45, 7) is 2.05. The van der Waals surface area contributed by atoms with Crippen LogP contribution in [0.25, 0.3) is 0 Å². The van der Waals surface area contributed by atoms with Gasteiger partial charge in [0.15, 0.2) is 0 Å². The normalized spacial score (nSPS) is 41.4. The number of ketones is 1. The predicted octanol–water partition coefficient (Wildman–Crippen LogP) is 1.86. The first-order valence-electron chi connectivity index (χ1n) is 5.36. The molecule has 0 aliphatic heterocycles. The monoisotopic (exact) mass is 196 g/mol. The fraction of sp³-hybridized carbons (Fsp3) is 0.818. The van der Waals surface area contributed by atoms with Crippen molar-refractivity contribution in [3.8, 4) is 0 Å². The van der Waals surface area contributed by atoms with E-state index < -0.39 is 5.97 Å². The molecule has 0 aromatic carbocycles. The van der Waals surface area contributed by atoms with Crippen molar-refractivity contribution in [2.24, 2.45) is 17.3 Å². The maximum Gasteiger partial charge on any atom is 0.307 e. The summed E-state index contributed by atoms with van der Waals surface area (Å²) in [5, 5.41) is 9.05. The average molecular weight is 196 g/mol. The van der Waals surface area contributed by atoms with Crippen LogP contribution in [0.3, 0.4) is 0 Å². The molecule has 2 rings (SSSR count). The van der Waals surface area contributed by atoms with Gasteiger partial charge in [-0.25, -0.2) is 0 Å². The van der Waals surface area contributed by atoms with Crippen molar-refractivity contribution >= 4 is 11.8 Å². The van der Waals surface area contributed by atoms with Crippen molar-refractivity contribution in [2.75, 3.05) is 0 Å². The van der Waals surface area contributed by atoms with Crippen LogP contribution >= 0.6 is 0 Å². The van der Waals surface area contributed by atoms with Crippen LogP contribution in [0.4, 0.5) is 0 Å². The molecule has 2 aliphatic rings. The van der Waals surface area contributed by atoms with E-state index in [2.05, 4.69) is 0 Å². The molecule has 1 N–H and O–H groups in total. The third-order valence-corrected chi connectivity index (χ3v) is 4.18. The number of rotatable bonds is 2. The molecule has 0 aromatic rings. The second-order valence-electron chi connectivity index (χ2n) is 4.59. The summed E-state index contributed by atoms with van der Waals surface area (Å²) in [5.74, 6) is -0.239. The summed E-state index contributed by atoms with van der Waals surface area (Å²) < 4.78 is 0. The molecule has 3 heteroatoms. The first-order valence-corrected chi connectivity index (χ1v) is 5.36. The van der Waals surface area contributed by atoms with E-state index >= 15 is 0 Å². The quantitative estimate of drug-likeness (QED) is 0.733. The molecule has 1 unspecified atom stereocenters. The number of fused-ring (bicyclic) bond motifs is 1. The number of hydrogen-bond donors (Lipinski definition) is 1. The minimum Gasteiger partial charge on any atom is -0.481 e. The molecular weight excluding hydrogens is 180 g/mol. The Hall–Kier alpha value is -0.860. The molecule has 0 bridgehead atoms. The van der Waals surface area contributed by atoms with Crippen molar-refractivity contribution in [1.82, 2.24) is 0 Å². The lowest BCUT2D eigenvalue weighted by Gasteiger charge is -2.11. The van der Waals surface area contributed by atoms with Gasteiger partial charge >= 0.3 is 5.97 Å². The van der Waals surface area contributed by atoms with Crippen LogP contribution in [0.5, 0.6) is 0 Å². The molecule has 78 valence electrons. The Bertz CT molecular complexity index is 284. The number of aliphatic carboxylic acids is 1. The number of carbonyl (C=O) groups excluding carboxylic acids is 1. The van der Waals surface area contributed by atoms with Gasteiger partial charge in [0.25, 0.3) is 0 Å². The van der Waals surface area contributed by atoms with Gasteiger partial charge in [-0.15, -0.1) is 0 Å². The van der Waals surface area contributed by atoms with Crippen LogP contribution in [0.2, 0.25) is 0 Å². The van der Waals surface area contributed by atoms with E-state index in [0.717, 1.165) is 19.3 Å². The van der Waals surface area contributed by atoms with E-state index in [4.69, 9.17) is 5.11 Å². The Labute approximate surface area is 83.5 Å². The lowest BCUT2D eigenvalue weighted by atomic mass is 9.92. The molecule has 0 saturated heterocycles. The van der Waals surface area contributed by atoms with E-state index in [1.807, 2.05) is 6.92 Å². The lowest BCUT2D eigenvalue weighted by Crippen LogP contribution is -2.11. The van der Waals surface area contributed by atoms with Gasteiger partial charge in [-0.05, 0) is 30.6 Å². The van der Waals surface area contributed by atoms with E-state index in [9.17, 15) is 9.59 Å². The Kier molecular flexibility index (Phi) is 2.13. The first kappa shape index (κ1) is 9.69. The Morgan fingerprint density at radius 2 is 2.29 bits per heavy atom. The smallest absolute Gasteiger partial charge is 0.307 e. The maximum absolute atomic E-state index is 11.2. The number of carbonyl (C=O) groups is 2. The van der Waals surface area contributed by atoms with Gasteiger partial charge in [0, 0.05) is 12.8 Å². The highest BCUT2D eigenvalue weighted by molar-refractivity contribution is 5.81. The van der Waals surface area contributed by atoms with Crippen molar-refractivity contribution < 1.29 is 14.7 Å². The Morgan fingerprint density at radius 1 is 1.57 bits per heavy atom. The zero-order valence-corrected chi connectivity index (χ0v) is 8.45. The number of carboxylic acids is 1. The molecule has 0 heterocycles. The molecule has 0 aromatic heterocycles. The van der Waals surface area contributed by atoms with Gasteiger partial charge in [-0.1, -0.05) is 6.92 Å². The van der Waals surface area contributed by atoms with Crippen LogP contribution in [0.1, 0.15) is 39.0 Å². The van der Waals surface area contributed by atoms with E-state index in [1.165, 1.54) is 0 Å². The molecule has 3 nitrogen and oxygen atoms in total. The fourth-order valence-corrected chi connectivity index (χ4v) is 3.26. The van der Waals surface area contributed by atoms with Crippen molar-refractivity contribution in [2.45, 2.75) is 39.0 Å². The summed E-state index contributed by atoms with van der Waals surface area (Å²) in [4.78, 5) is 22.2. The Balaban J connectivity index is 2.16. The third-order valence-electron chi connectivity index (χ3n) is 4.18. The van der Waals surface area contributed by atoms with E-state index in [1.54, 1.807) is 0 Å². The summed E-state index contributed by atoms with van der Waals surface area (Å²) in [6.07, 6.45) is 3.68. The summed E-state index contributed by atoms with van der Waals surface area (Å²) in [6, 6.07) is 0. The minimum atomic E-state index is -0.661. The molecule has 0 amide bonds. The van der Waals surface area contributed by atoms with Crippen molar-refractivity contribution in [3.63, 3.8) is 0 Å². The van der Waals surface area contributed by atoms with Crippen molar-refractivity contribution in [3.05, 3.63) is 0 Å². The minimum absolute atomic E-state index is 0.0298. The van der Waals surface area contributed by atoms with Gasteiger partial charge in [-0.3, -0.25) is 9.59 Å². The van der Waals surface area contributed by atoms with Crippen LogP contribution in [-0.4, -0.2) is 16.9 Å². The summed E-state index contributed by atoms with van der Waals surface area (Å²) >= 11 is 0. The van der Waals surface area contributed by atoms with Gasteiger partial charge < -0.3 is 5.11 Å². The second-order valence-corrected chi connectivity index (χ2v) is 4.59. The molecule has 0 spiro atoms. The number of Topliss-reactive ketones (excluding diaryl/α,β-unsaturated/α-hetero) is 1. The SMILES string of the molecule is CC[C@@]12CCC(=O)CC[C@H]1C2C(=O)O. The molecule has 0 radical (unpaired) electrons. The van der Waals surface area contributed by atoms with Crippen molar-refractivity contribution in [1.29, 1.82) is 0 Å². The maximum atomic E-state index is 11.2. The zero-order valence-electron chi connectivity index (χ0n) is 8.45. The molecule has 2 saturated carbocycles. The highest BCUT2D eigenvalue weighted by Crippen LogP contribution is 2.66. The summed E-state index contributed by atoms with van der Waals surface area (Å²) in [7, 11) is 0. The largest absolute Gasteiger partial charge is 0.481 e. The fourth-order valence-electron chi connectivity index (χ4n) is 3.26. The van der Waals surface area contributed by atoms with E-state index in [0.29, 0.717) is 18.6 Å². The number of hydrogen-bond acceptors (Lipinski definition) is 2. The van der Waals surface area contributed by atoms with Crippen LogP contribution in [0.15, 0.2) is 0 Å². The third kappa shape index (κ3) is 1.18. The van der Waals surface area contributed by atoms with E-state index in [-0.39, 0.29) is 17.3 Å². The molecule has 2 aliphatic carbocycles. The average Bonchev–Trinajstić information content (AvgIpc) is 2.81. The molecule has 2 fully saturated rings. The topological polar surface area (TPSA) is 54.4 Å². The summed E-state index contributed by atoms with van der Waals surface area (Å²) in [5.41, 5.74) is -0.0298. The van der Waals surface area contributed by atoms with Gasteiger partial charge in [-0.2, -0.15) is 0 Å². The number of carboxylic acid groups (broad SMARTS) is 1. The van der Waals surface area contributed by atoms with Gasteiger partial charge in [0.2, 0.25) is 0 Å². The first-order chi connectivity index (χ1) is 6.62. The predicted molar refractivity (Wildman–Crippen MR) is 50.8 cm³/mol. The highest BCUT2D eigenvalue weighted by Gasteiger charge is 2.66. The van der Waals surface area contributed by atoms with Crippen LogP contribution < -0.4 is 0 Å². The zero-order chi connectivity index (χ0) is 10.3. The molecule has 14 heavy (non-hydrogen) atoms. The van der Waals surface area contributed by atoms with Crippen LogP contribution in [-0.2, 0) is 9.59 Å². The highest BCUT2D eigenvalue weighted by atomic mass is 16.4. The second kappa shape index (κ2) is 3.07. The van der Waals surface area contributed by atoms with Gasteiger partial charge in [0.05, 0.1) is 5.92 Å². The van der Waals surface area contributed by atoms with Crippen LogP contribution in [0, 0.1) is 17.3 Å². The van der Waals surface area contributed by atoms with Gasteiger partial charge in [0.1, 0.15) is 5.78 Å². The standard InChI is InChI=1S/C11H16O3/c1-2-11-6-5-7(12)3-4-8(11)9(11)10(13)14/h8-9H,2-6H2,1H3,(H,13,14)/t8-,9?,11+/m0/s1. The molecular formula is C11H16O3.